The Bertz CT molecular complexity index is 779. The molecular formula is C19H22ClN3O2. The fourth-order valence-corrected chi connectivity index (χ4v) is 2.81. The Kier molecular flexibility index (Phi) is 6.17. The largest absolute Gasteiger partial charge is 0.330 e. The van der Waals surface area contributed by atoms with E-state index >= 15 is 0 Å². The molecule has 1 aliphatic heterocycles. The van der Waals surface area contributed by atoms with Gasteiger partial charge in [0.15, 0.2) is 0 Å². The first-order chi connectivity index (χ1) is 11.6. The van der Waals surface area contributed by atoms with Crippen molar-refractivity contribution in [3.05, 3.63) is 59.7 Å². The number of carbonyl (C=O) groups excluding carboxylic acids is 2. The summed E-state index contributed by atoms with van der Waals surface area (Å²) >= 11 is 0. The number of halogens is 1. The average molecular weight is 360 g/mol. The first kappa shape index (κ1) is 19.0. The smallest absolute Gasteiger partial charge is 0.258 e. The number of para-hydroxylation sites is 1. The molecule has 2 amide bonds. The molecular weight excluding hydrogens is 338 g/mol. The summed E-state index contributed by atoms with van der Waals surface area (Å²) in [6.07, 6.45) is 0.867. The minimum Gasteiger partial charge on any atom is -0.330 e. The topological polar surface area (TPSA) is 75.4 Å². The van der Waals surface area contributed by atoms with Crippen LogP contribution >= 0.6 is 12.4 Å². The van der Waals surface area contributed by atoms with Crippen LogP contribution in [-0.2, 0) is 11.2 Å². The van der Waals surface area contributed by atoms with Gasteiger partial charge in [-0.3, -0.25) is 9.59 Å². The third kappa shape index (κ3) is 4.00. The molecule has 0 aromatic heterocycles. The first-order valence-electron chi connectivity index (χ1n) is 8.11. The van der Waals surface area contributed by atoms with Crippen molar-refractivity contribution in [3.8, 4) is 0 Å². The number of hydrogen-bond donors (Lipinski definition) is 2. The molecule has 0 spiro atoms. The number of nitrogens with two attached hydrogens (primary N) is 1. The minimum absolute atomic E-state index is 0. The van der Waals surface area contributed by atoms with Gasteiger partial charge in [-0.1, -0.05) is 31.2 Å². The van der Waals surface area contributed by atoms with E-state index in [2.05, 4.69) is 5.32 Å². The van der Waals surface area contributed by atoms with Gasteiger partial charge in [0.1, 0.15) is 0 Å². The molecule has 0 fully saturated rings. The molecule has 6 heteroatoms. The number of carbonyl (C=O) groups is 2. The Balaban J connectivity index is 0.00000225. The summed E-state index contributed by atoms with van der Waals surface area (Å²) < 4.78 is 0. The van der Waals surface area contributed by atoms with E-state index < -0.39 is 0 Å². The second-order valence-corrected chi connectivity index (χ2v) is 6.04. The molecule has 0 bridgehead atoms. The predicted molar refractivity (Wildman–Crippen MR) is 102 cm³/mol. The van der Waals surface area contributed by atoms with Crippen LogP contribution in [0.25, 0.3) is 0 Å². The first-order valence-corrected chi connectivity index (χ1v) is 8.11. The van der Waals surface area contributed by atoms with Gasteiger partial charge >= 0.3 is 0 Å². The second kappa shape index (κ2) is 8.14. The fourth-order valence-electron chi connectivity index (χ4n) is 2.81. The van der Waals surface area contributed by atoms with Crippen molar-refractivity contribution in [3.63, 3.8) is 0 Å². The van der Waals surface area contributed by atoms with E-state index in [4.69, 9.17) is 5.73 Å². The van der Waals surface area contributed by atoms with E-state index in [0.29, 0.717) is 17.8 Å². The van der Waals surface area contributed by atoms with Crippen LogP contribution in [0.2, 0.25) is 0 Å². The maximum absolute atomic E-state index is 12.8. The van der Waals surface area contributed by atoms with Crippen molar-refractivity contribution in [1.82, 2.24) is 0 Å². The van der Waals surface area contributed by atoms with Crippen LogP contribution < -0.4 is 16.0 Å². The van der Waals surface area contributed by atoms with Gasteiger partial charge in [0, 0.05) is 35.9 Å². The normalized spacial score (nSPS) is 13.6. The molecule has 0 saturated carbocycles. The highest BCUT2D eigenvalue weighted by molar-refractivity contribution is 6.08. The molecule has 0 radical (unpaired) electrons. The molecule has 1 aliphatic rings. The Morgan fingerprint density at radius 2 is 1.96 bits per heavy atom. The highest BCUT2D eigenvalue weighted by atomic mass is 35.5. The molecule has 5 nitrogen and oxygen atoms in total. The number of anilines is 2. The van der Waals surface area contributed by atoms with E-state index in [1.165, 1.54) is 5.56 Å². The molecule has 1 atom stereocenters. The molecule has 3 rings (SSSR count). The van der Waals surface area contributed by atoms with Gasteiger partial charge in [-0.25, -0.2) is 0 Å². The highest BCUT2D eigenvalue weighted by Gasteiger charge is 2.25. The van der Waals surface area contributed by atoms with Crippen molar-refractivity contribution >= 4 is 35.6 Å². The number of fused-ring (bicyclic) bond motifs is 1. The molecule has 2 aromatic rings. The second-order valence-electron chi connectivity index (χ2n) is 6.04. The standard InChI is InChI=1S/C19H21N3O2.ClH/c1-13(12-20)18(23)21-16-7-4-6-15(11-16)19(24)22-10-9-14-5-2-3-8-17(14)22;/h2-8,11,13H,9-10,12,20H2,1H3,(H,21,23);1H. The van der Waals surface area contributed by atoms with Crippen LogP contribution in [0.3, 0.4) is 0 Å². The number of nitrogens with one attached hydrogen (secondary N) is 1. The lowest BCUT2D eigenvalue weighted by Crippen LogP contribution is -2.29. The summed E-state index contributed by atoms with van der Waals surface area (Å²) in [7, 11) is 0. The maximum atomic E-state index is 12.8. The van der Waals surface area contributed by atoms with Crippen LogP contribution in [0.4, 0.5) is 11.4 Å². The molecule has 3 N–H and O–H groups in total. The number of rotatable bonds is 4. The van der Waals surface area contributed by atoms with Crippen LogP contribution in [-0.4, -0.2) is 24.9 Å². The van der Waals surface area contributed by atoms with Gasteiger partial charge in [-0.15, -0.1) is 12.4 Å². The van der Waals surface area contributed by atoms with E-state index in [1.807, 2.05) is 24.3 Å². The summed E-state index contributed by atoms with van der Waals surface area (Å²) in [5.41, 5.74) is 8.83. The molecule has 1 heterocycles. The van der Waals surface area contributed by atoms with Crippen molar-refractivity contribution < 1.29 is 9.59 Å². The van der Waals surface area contributed by atoms with E-state index in [-0.39, 0.29) is 36.7 Å². The van der Waals surface area contributed by atoms with Crippen LogP contribution in [0.1, 0.15) is 22.8 Å². The zero-order chi connectivity index (χ0) is 17.1. The third-order valence-corrected chi connectivity index (χ3v) is 4.31. The number of amides is 2. The van der Waals surface area contributed by atoms with Crippen molar-refractivity contribution in [1.29, 1.82) is 0 Å². The van der Waals surface area contributed by atoms with Gasteiger partial charge in [-0.05, 0) is 36.2 Å². The summed E-state index contributed by atoms with van der Waals surface area (Å²) in [4.78, 5) is 26.6. The average Bonchev–Trinajstić information content (AvgIpc) is 3.04. The summed E-state index contributed by atoms with van der Waals surface area (Å²) in [6.45, 7) is 2.74. The molecule has 25 heavy (non-hydrogen) atoms. The monoisotopic (exact) mass is 359 g/mol. The lowest BCUT2D eigenvalue weighted by Gasteiger charge is -2.18. The maximum Gasteiger partial charge on any atom is 0.258 e. The third-order valence-electron chi connectivity index (χ3n) is 4.31. The Hall–Kier alpha value is -2.37. The summed E-state index contributed by atoms with van der Waals surface area (Å²) in [6, 6.07) is 15.0. The molecule has 0 saturated heterocycles. The van der Waals surface area contributed by atoms with Crippen molar-refractivity contribution in [2.45, 2.75) is 13.3 Å². The fraction of sp³-hybridized carbons (Fsp3) is 0.263. The van der Waals surface area contributed by atoms with Crippen molar-refractivity contribution in [2.24, 2.45) is 11.7 Å². The molecule has 132 valence electrons. The van der Waals surface area contributed by atoms with Gasteiger partial charge in [-0.2, -0.15) is 0 Å². The Morgan fingerprint density at radius 1 is 1.20 bits per heavy atom. The van der Waals surface area contributed by atoms with Crippen LogP contribution in [0.15, 0.2) is 48.5 Å². The molecule has 2 aromatic carbocycles. The van der Waals surface area contributed by atoms with Gasteiger partial charge in [0.2, 0.25) is 5.91 Å². The Morgan fingerprint density at radius 3 is 2.72 bits per heavy atom. The quantitative estimate of drug-likeness (QED) is 0.881. The lowest BCUT2D eigenvalue weighted by molar-refractivity contribution is -0.119. The van der Waals surface area contributed by atoms with E-state index in [1.54, 1.807) is 36.1 Å². The number of hydrogen-bond acceptors (Lipinski definition) is 3. The lowest BCUT2D eigenvalue weighted by atomic mass is 10.1. The number of benzene rings is 2. The zero-order valence-corrected chi connectivity index (χ0v) is 14.9. The number of nitrogens with zero attached hydrogens (tertiary/aromatic N) is 1. The SMILES string of the molecule is CC(CN)C(=O)Nc1cccc(C(=O)N2CCc3ccccc32)c1.Cl. The molecule has 0 aliphatic carbocycles. The minimum atomic E-state index is -0.269. The zero-order valence-electron chi connectivity index (χ0n) is 14.1. The van der Waals surface area contributed by atoms with Gasteiger partial charge < -0.3 is 16.0 Å². The summed E-state index contributed by atoms with van der Waals surface area (Å²) in [5.74, 6) is -0.466. The summed E-state index contributed by atoms with van der Waals surface area (Å²) in [5, 5.41) is 2.81. The van der Waals surface area contributed by atoms with E-state index in [9.17, 15) is 9.59 Å². The van der Waals surface area contributed by atoms with Gasteiger partial charge in [0.05, 0.1) is 0 Å². The van der Waals surface area contributed by atoms with Gasteiger partial charge in [0.25, 0.3) is 5.91 Å². The predicted octanol–water partition coefficient (Wildman–Crippen LogP) is 2.84. The highest BCUT2D eigenvalue weighted by Crippen LogP contribution is 2.29. The Labute approximate surface area is 153 Å². The van der Waals surface area contributed by atoms with Crippen LogP contribution in [0.5, 0.6) is 0 Å². The van der Waals surface area contributed by atoms with E-state index in [0.717, 1.165) is 12.1 Å². The van der Waals surface area contributed by atoms with Crippen LogP contribution in [0, 0.1) is 5.92 Å². The molecule has 1 unspecified atom stereocenters. The van der Waals surface area contributed by atoms with Crippen molar-refractivity contribution in [2.75, 3.05) is 23.3 Å².